The van der Waals surface area contributed by atoms with Gasteiger partial charge in [0, 0.05) is 49.7 Å². The molecule has 0 unspecified atom stereocenters. The third kappa shape index (κ3) is 3.74. The molecule has 0 radical (unpaired) electrons. The van der Waals surface area contributed by atoms with Crippen LogP contribution in [0.15, 0.2) is 59.2 Å². The number of rotatable bonds is 7. The molecule has 6 nitrogen and oxygen atoms in total. The molecule has 0 fully saturated rings. The van der Waals surface area contributed by atoms with E-state index in [4.69, 9.17) is 9.15 Å². The number of carbonyl (C=O) groups excluding carboxylic acids is 1. The van der Waals surface area contributed by atoms with Gasteiger partial charge < -0.3 is 19.0 Å². The molecule has 2 aromatic carbocycles. The van der Waals surface area contributed by atoms with Crippen molar-refractivity contribution in [1.29, 1.82) is 0 Å². The zero-order chi connectivity index (χ0) is 22.0. The average molecular weight is 420 g/mol. The second-order valence-corrected chi connectivity index (χ2v) is 7.37. The van der Waals surface area contributed by atoms with Gasteiger partial charge in [-0.3, -0.25) is 9.69 Å². The van der Waals surface area contributed by atoms with Crippen molar-refractivity contribution in [2.75, 3.05) is 40.9 Å². The molecule has 0 N–H and O–H groups in total. The molecule has 1 aliphatic heterocycles. The maximum absolute atomic E-state index is 13.4. The Balaban J connectivity index is 1.84. The monoisotopic (exact) mass is 419 g/mol. The van der Waals surface area contributed by atoms with Crippen molar-refractivity contribution < 1.29 is 13.9 Å². The molecule has 1 aromatic heterocycles. The van der Waals surface area contributed by atoms with Gasteiger partial charge in [0.25, 0.3) is 5.91 Å². The van der Waals surface area contributed by atoms with E-state index in [2.05, 4.69) is 37.5 Å². The first kappa shape index (κ1) is 20.8. The minimum Gasteiger partial charge on any atom is -0.459 e. The number of benzene rings is 2. The molecule has 6 heteroatoms. The number of furan rings is 1. The third-order valence-corrected chi connectivity index (χ3v) is 5.78. The van der Waals surface area contributed by atoms with Crippen LogP contribution in [0.2, 0.25) is 0 Å². The quantitative estimate of drug-likeness (QED) is 0.466. The van der Waals surface area contributed by atoms with Crippen LogP contribution in [-0.4, -0.2) is 32.1 Å². The molecule has 2 heterocycles. The molecule has 0 spiro atoms. The fourth-order valence-corrected chi connectivity index (χ4v) is 4.09. The number of amides is 1. The topological polar surface area (TPSA) is 49.2 Å². The summed E-state index contributed by atoms with van der Waals surface area (Å²) in [5, 5.41) is 0. The van der Waals surface area contributed by atoms with Gasteiger partial charge in [-0.25, -0.2) is 0 Å². The van der Waals surface area contributed by atoms with E-state index in [1.807, 2.05) is 36.4 Å². The van der Waals surface area contributed by atoms with Crippen molar-refractivity contribution in [3.63, 3.8) is 0 Å². The van der Waals surface area contributed by atoms with Crippen LogP contribution in [0.1, 0.15) is 38.2 Å². The van der Waals surface area contributed by atoms with Gasteiger partial charge in [0.1, 0.15) is 0 Å². The van der Waals surface area contributed by atoms with E-state index in [0.29, 0.717) is 28.6 Å². The van der Waals surface area contributed by atoms with Crippen LogP contribution in [-0.2, 0) is 0 Å². The predicted molar refractivity (Wildman–Crippen MR) is 125 cm³/mol. The molecule has 4 rings (SSSR count). The molecule has 0 saturated carbocycles. The number of anilines is 4. The molecule has 0 atom stereocenters. The predicted octanol–water partition coefficient (Wildman–Crippen LogP) is 6.06. The molecular weight excluding hydrogens is 390 g/mol. The fraction of sp³-hybridized carbons (Fsp3) is 0.320. The summed E-state index contributed by atoms with van der Waals surface area (Å²) in [6, 6.07) is 15.4. The van der Waals surface area contributed by atoms with Crippen LogP contribution in [0, 0.1) is 0 Å². The second kappa shape index (κ2) is 8.76. The van der Waals surface area contributed by atoms with Crippen molar-refractivity contribution >= 4 is 28.7 Å². The Morgan fingerprint density at radius 2 is 1.32 bits per heavy atom. The summed E-state index contributed by atoms with van der Waals surface area (Å²) in [7, 11) is 0. The Kier molecular flexibility index (Phi) is 5.89. The minimum absolute atomic E-state index is 0.220. The lowest BCUT2D eigenvalue weighted by molar-refractivity contribution is 0.0971. The maximum atomic E-state index is 13.4. The highest BCUT2D eigenvalue weighted by molar-refractivity contribution is 6.12. The highest BCUT2D eigenvalue weighted by atomic mass is 16.5. The highest BCUT2D eigenvalue weighted by Gasteiger charge is 2.32. The first-order chi connectivity index (χ1) is 15.1. The van der Waals surface area contributed by atoms with Crippen molar-refractivity contribution in [3.05, 3.63) is 60.6 Å². The summed E-state index contributed by atoms with van der Waals surface area (Å²) < 4.78 is 11.8. The van der Waals surface area contributed by atoms with E-state index in [0.717, 1.165) is 37.6 Å². The SMILES string of the molecule is CCN(CC)c1ccc2c(c1)Oc1cc(N(CC)CC)ccc1N2C(=O)c1ccco1. The van der Waals surface area contributed by atoms with Gasteiger partial charge in [0.15, 0.2) is 17.3 Å². The second-order valence-electron chi connectivity index (χ2n) is 7.37. The lowest BCUT2D eigenvalue weighted by Gasteiger charge is -2.33. The van der Waals surface area contributed by atoms with Crippen molar-refractivity contribution in [3.8, 4) is 11.5 Å². The summed E-state index contributed by atoms with van der Waals surface area (Å²) in [6.07, 6.45) is 1.52. The Labute approximate surface area is 183 Å². The molecule has 0 saturated heterocycles. The first-order valence-corrected chi connectivity index (χ1v) is 10.9. The number of hydrogen-bond acceptors (Lipinski definition) is 5. The van der Waals surface area contributed by atoms with Gasteiger partial charge in [-0.2, -0.15) is 0 Å². The zero-order valence-electron chi connectivity index (χ0n) is 18.6. The number of carbonyl (C=O) groups is 1. The normalized spacial score (nSPS) is 12.1. The number of hydrogen-bond donors (Lipinski definition) is 0. The van der Waals surface area contributed by atoms with Crippen LogP contribution in [0.4, 0.5) is 22.7 Å². The number of ether oxygens (including phenoxy) is 1. The molecule has 162 valence electrons. The molecule has 0 aliphatic carbocycles. The summed E-state index contributed by atoms with van der Waals surface area (Å²) in [4.78, 5) is 19.6. The molecule has 3 aromatic rings. The van der Waals surface area contributed by atoms with Gasteiger partial charge >= 0.3 is 0 Å². The van der Waals surface area contributed by atoms with Gasteiger partial charge in [-0.15, -0.1) is 0 Å². The van der Waals surface area contributed by atoms with Gasteiger partial charge in [0.2, 0.25) is 0 Å². The van der Waals surface area contributed by atoms with Gasteiger partial charge in [-0.1, -0.05) is 0 Å². The van der Waals surface area contributed by atoms with Crippen LogP contribution < -0.4 is 19.4 Å². The summed E-state index contributed by atoms with van der Waals surface area (Å²) >= 11 is 0. The average Bonchev–Trinajstić information content (AvgIpc) is 3.33. The van der Waals surface area contributed by atoms with E-state index >= 15 is 0 Å². The maximum Gasteiger partial charge on any atom is 0.298 e. The van der Waals surface area contributed by atoms with Gasteiger partial charge in [-0.05, 0) is 64.1 Å². The highest BCUT2D eigenvalue weighted by Crippen LogP contribution is 2.49. The largest absolute Gasteiger partial charge is 0.459 e. The van der Waals surface area contributed by atoms with E-state index in [1.165, 1.54) is 6.26 Å². The molecule has 1 amide bonds. The Morgan fingerprint density at radius 3 is 1.74 bits per heavy atom. The van der Waals surface area contributed by atoms with E-state index < -0.39 is 0 Å². The standard InChI is InChI=1S/C25H29N3O3/c1-5-26(6-2)18-11-13-20-23(16-18)31-24-17-19(27(7-3)8-4)12-14-21(24)28(20)25(29)22-10-9-15-30-22/h9-17H,5-8H2,1-4H3. The smallest absolute Gasteiger partial charge is 0.298 e. The van der Waals surface area contributed by atoms with Crippen LogP contribution in [0.3, 0.4) is 0 Å². The lowest BCUT2D eigenvalue weighted by atomic mass is 10.1. The van der Waals surface area contributed by atoms with Crippen molar-refractivity contribution in [2.24, 2.45) is 0 Å². The summed E-state index contributed by atoms with van der Waals surface area (Å²) in [5.74, 6) is 1.39. The van der Waals surface area contributed by atoms with E-state index in [-0.39, 0.29) is 5.91 Å². The molecule has 0 bridgehead atoms. The van der Waals surface area contributed by atoms with E-state index in [1.54, 1.807) is 17.0 Å². The molecule has 31 heavy (non-hydrogen) atoms. The molecule has 1 aliphatic rings. The van der Waals surface area contributed by atoms with Crippen molar-refractivity contribution in [2.45, 2.75) is 27.7 Å². The lowest BCUT2D eigenvalue weighted by Crippen LogP contribution is -2.29. The number of nitrogens with zero attached hydrogens (tertiary/aromatic N) is 3. The minimum atomic E-state index is -0.220. The Bertz CT molecular complexity index is 992. The summed E-state index contributed by atoms with van der Waals surface area (Å²) in [6.45, 7) is 12.1. The van der Waals surface area contributed by atoms with Gasteiger partial charge in [0.05, 0.1) is 17.6 Å². The fourth-order valence-electron chi connectivity index (χ4n) is 4.09. The molecular formula is C25H29N3O3. The Hall–Kier alpha value is -3.41. The number of fused-ring (bicyclic) bond motifs is 2. The van der Waals surface area contributed by atoms with E-state index in [9.17, 15) is 4.79 Å². The zero-order valence-corrected chi connectivity index (χ0v) is 18.6. The van der Waals surface area contributed by atoms with Crippen LogP contribution >= 0.6 is 0 Å². The van der Waals surface area contributed by atoms with Crippen LogP contribution in [0.5, 0.6) is 11.5 Å². The first-order valence-electron chi connectivity index (χ1n) is 10.9. The third-order valence-electron chi connectivity index (χ3n) is 5.78. The van der Waals surface area contributed by atoms with Crippen molar-refractivity contribution in [1.82, 2.24) is 0 Å². The summed E-state index contributed by atoms with van der Waals surface area (Å²) in [5.41, 5.74) is 3.55. The van der Waals surface area contributed by atoms with Crippen LogP contribution in [0.25, 0.3) is 0 Å². The Morgan fingerprint density at radius 1 is 0.806 bits per heavy atom.